The van der Waals surface area contributed by atoms with Gasteiger partial charge in [0.15, 0.2) is 0 Å². The molecule has 1 aliphatic rings. The highest BCUT2D eigenvalue weighted by atomic mass is 28.4. The van der Waals surface area contributed by atoms with Gasteiger partial charge in [-0.05, 0) is 58.3 Å². The Morgan fingerprint density at radius 2 is 1.31 bits per heavy atom. The van der Waals surface area contributed by atoms with Gasteiger partial charge in [-0.15, -0.1) is 0 Å². The van der Waals surface area contributed by atoms with Crippen LogP contribution in [0.1, 0.15) is 89.6 Å². The summed E-state index contributed by atoms with van der Waals surface area (Å²) in [7, 11) is -2.09. The average Bonchev–Trinajstić information content (AvgIpc) is 3.02. The Balaban J connectivity index is 1.72. The summed E-state index contributed by atoms with van der Waals surface area (Å²) in [4.78, 5) is 0. The van der Waals surface area contributed by atoms with Crippen molar-refractivity contribution >= 4 is 8.32 Å². The lowest BCUT2D eigenvalue weighted by Crippen LogP contribution is -2.61. The standard InChI is InChI=1S/C39H56O5Si/c1-10-36-31(9)37(41-24-32-17-13-11-14-18-32)38(42-25-33-19-15-12-16-20-33)39(40,44-36)35-22-21-30(8)34(23-35)26-43-45(27(2)3,28(4)5)29(6)7/h11-23,27-29,31,36-38,40H,10,24-26H2,1-9H3/t31-,36-,37+,38-,39?/m1/s1. The molecule has 1 aliphatic heterocycles. The Kier molecular flexibility index (Phi) is 12.2. The third-order valence-electron chi connectivity index (χ3n) is 10.0. The second-order valence-electron chi connectivity index (χ2n) is 13.8. The Morgan fingerprint density at radius 3 is 1.82 bits per heavy atom. The molecule has 1 heterocycles. The highest BCUT2D eigenvalue weighted by Gasteiger charge is 2.55. The summed E-state index contributed by atoms with van der Waals surface area (Å²) < 4.78 is 27.0. The smallest absolute Gasteiger partial charge is 0.222 e. The molecule has 1 fully saturated rings. The SMILES string of the molecule is CC[C@H]1OC(O)(c2ccc(C)c(CO[Si](C(C)C)(C(C)C)C(C)C)c2)[C@H](OCc2ccccc2)[C@@H](OCc2ccccc2)[C@@H]1C. The van der Waals surface area contributed by atoms with E-state index < -0.39 is 26.3 Å². The van der Waals surface area contributed by atoms with Gasteiger partial charge in [-0.2, -0.15) is 0 Å². The van der Waals surface area contributed by atoms with Crippen LogP contribution < -0.4 is 0 Å². The van der Waals surface area contributed by atoms with Gasteiger partial charge in [-0.25, -0.2) is 0 Å². The number of aliphatic hydroxyl groups is 1. The van der Waals surface area contributed by atoms with Crippen LogP contribution in [-0.2, 0) is 44.2 Å². The van der Waals surface area contributed by atoms with Gasteiger partial charge >= 0.3 is 0 Å². The van der Waals surface area contributed by atoms with Crippen molar-refractivity contribution in [1.82, 2.24) is 0 Å². The maximum absolute atomic E-state index is 12.7. The van der Waals surface area contributed by atoms with E-state index in [0.717, 1.165) is 28.7 Å². The first kappa shape index (κ1) is 35.5. The molecule has 1 saturated heterocycles. The van der Waals surface area contributed by atoms with E-state index >= 15 is 0 Å². The molecule has 246 valence electrons. The predicted molar refractivity (Wildman–Crippen MR) is 185 cm³/mol. The first-order valence-electron chi connectivity index (χ1n) is 16.9. The third kappa shape index (κ3) is 7.81. The molecule has 1 N–H and O–H groups in total. The number of aryl methyl sites for hydroxylation is 1. The van der Waals surface area contributed by atoms with Crippen molar-refractivity contribution in [2.45, 2.75) is 129 Å². The van der Waals surface area contributed by atoms with Crippen molar-refractivity contribution in [3.8, 4) is 0 Å². The normalized spacial score (nSPS) is 24.1. The minimum absolute atomic E-state index is 0.00255. The first-order valence-corrected chi connectivity index (χ1v) is 19.0. The summed E-state index contributed by atoms with van der Waals surface area (Å²) in [6.07, 6.45) is -0.628. The van der Waals surface area contributed by atoms with Crippen molar-refractivity contribution in [3.63, 3.8) is 0 Å². The van der Waals surface area contributed by atoms with Gasteiger partial charge in [0.1, 0.15) is 6.10 Å². The van der Waals surface area contributed by atoms with Crippen LogP contribution in [-0.4, -0.2) is 31.7 Å². The van der Waals surface area contributed by atoms with Gasteiger partial charge in [-0.3, -0.25) is 0 Å². The molecule has 0 radical (unpaired) electrons. The molecule has 0 aliphatic carbocycles. The van der Waals surface area contributed by atoms with Crippen LogP contribution in [0.15, 0.2) is 78.9 Å². The van der Waals surface area contributed by atoms with E-state index in [0.29, 0.717) is 42.0 Å². The summed E-state index contributed by atoms with van der Waals surface area (Å²) >= 11 is 0. The molecular formula is C39H56O5Si. The van der Waals surface area contributed by atoms with Gasteiger partial charge in [0.05, 0.1) is 32.0 Å². The largest absolute Gasteiger partial charge is 0.412 e. The number of ether oxygens (including phenoxy) is 3. The van der Waals surface area contributed by atoms with Crippen LogP contribution in [0.3, 0.4) is 0 Å². The molecule has 0 saturated carbocycles. The van der Waals surface area contributed by atoms with E-state index in [9.17, 15) is 5.11 Å². The molecule has 0 amide bonds. The van der Waals surface area contributed by atoms with Gasteiger partial charge in [0, 0.05) is 11.5 Å². The van der Waals surface area contributed by atoms with Crippen molar-refractivity contribution in [2.75, 3.05) is 0 Å². The topological polar surface area (TPSA) is 57.2 Å². The molecule has 5 nitrogen and oxygen atoms in total. The van der Waals surface area contributed by atoms with Crippen LogP contribution in [0, 0.1) is 12.8 Å². The van der Waals surface area contributed by atoms with Gasteiger partial charge in [-0.1, -0.05) is 128 Å². The predicted octanol–water partition coefficient (Wildman–Crippen LogP) is 9.45. The number of hydrogen-bond acceptors (Lipinski definition) is 5. The summed E-state index contributed by atoms with van der Waals surface area (Å²) in [5.41, 5.74) is 6.44. The lowest BCUT2D eigenvalue weighted by atomic mass is 9.81. The van der Waals surface area contributed by atoms with Gasteiger partial charge < -0.3 is 23.7 Å². The number of benzene rings is 3. The summed E-state index contributed by atoms with van der Waals surface area (Å²) in [6.45, 7) is 21.5. The van der Waals surface area contributed by atoms with Crippen molar-refractivity contribution in [1.29, 1.82) is 0 Å². The molecule has 3 aromatic carbocycles. The first-order chi connectivity index (χ1) is 21.4. The van der Waals surface area contributed by atoms with E-state index in [-0.39, 0.29) is 12.0 Å². The molecule has 0 aromatic heterocycles. The molecule has 45 heavy (non-hydrogen) atoms. The summed E-state index contributed by atoms with van der Waals surface area (Å²) in [6, 6.07) is 26.4. The summed E-state index contributed by atoms with van der Waals surface area (Å²) in [5, 5.41) is 12.7. The minimum atomic E-state index is -2.09. The third-order valence-corrected chi connectivity index (χ3v) is 16.1. The monoisotopic (exact) mass is 632 g/mol. The highest BCUT2D eigenvalue weighted by molar-refractivity contribution is 6.77. The molecule has 1 unspecified atom stereocenters. The lowest BCUT2D eigenvalue weighted by molar-refractivity contribution is -0.361. The second kappa shape index (κ2) is 15.5. The van der Waals surface area contributed by atoms with Crippen LogP contribution in [0.4, 0.5) is 0 Å². The zero-order chi connectivity index (χ0) is 32.8. The number of rotatable bonds is 14. The minimum Gasteiger partial charge on any atom is -0.412 e. The molecule has 6 heteroatoms. The van der Waals surface area contributed by atoms with E-state index in [1.165, 1.54) is 0 Å². The van der Waals surface area contributed by atoms with Crippen LogP contribution in [0.5, 0.6) is 0 Å². The van der Waals surface area contributed by atoms with Crippen molar-refractivity contribution in [3.05, 3.63) is 107 Å². The van der Waals surface area contributed by atoms with E-state index in [2.05, 4.69) is 86.6 Å². The van der Waals surface area contributed by atoms with E-state index in [1.807, 2.05) is 54.6 Å². The van der Waals surface area contributed by atoms with Crippen molar-refractivity contribution < 1.29 is 23.7 Å². The van der Waals surface area contributed by atoms with Crippen molar-refractivity contribution in [2.24, 2.45) is 5.92 Å². The van der Waals surface area contributed by atoms with Gasteiger partial charge in [0.25, 0.3) is 0 Å². The number of hydrogen-bond donors (Lipinski definition) is 1. The van der Waals surface area contributed by atoms with E-state index in [1.54, 1.807) is 0 Å². The highest BCUT2D eigenvalue weighted by Crippen LogP contribution is 2.45. The molecule has 3 aromatic rings. The van der Waals surface area contributed by atoms with Gasteiger partial charge in [0.2, 0.25) is 14.1 Å². The van der Waals surface area contributed by atoms with Crippen LogP contribution in [0.25, 0.3) is 0 Å². The molecule has 0 spiro atoms. The molecular weight excluding hydrogens is 577 g/mol. The lowest BCUT2D eigenvalue weighted by Gasteiger charge is -2.50. The maximum atomic E-state index is 12.7. The molecule has 4 rings (SSSR count). The molecule has 0 bridgehead atoms. The fourth-order valence-corrected chi connectivity index (χ4v) is 12.9. The Morgan fingerprint density at radius 1 is 0.778 bits per heavy atom. The second-order valence-corrected chi connectivity index (χ2v) is 19.3. The quantitative estimate of drug-likeness (QED) is 0.179. The molecule has 5 atom stereocenters. The summed E-state index contributed by atoms with van der Waals surface area (Å²) in [5.74, 6) is -1.71. The van der Waals surface area contributed by atoms with Crippen LogP contribution >= 0.6 is 0 Å². The van der Waals surface area contributed by atoms with Crippen LogP contribution in [0.2, 0.25) is 16.6 Å². The zero-order valence-electron chi connectivity index (χ0n) is 29.0. The Bertz CT molecular complexity index is 1310. The average molecular weight is 633 g/mol. The van der Waals surface area contributed by atoms with E-state index in [4.69, 9.17) is 18.6 Å². The fraction of sp³-hybridized carbons (Fsp3) is 0.538. The zero-order valence-corrected chi connectivity index (χ0v) is 30.0. The Labute approximate surface area is 273 Å². The fourth-order valence-electron chi connectivity index (χ4n) is 7.53. The Hall–Kier alpha value is -2.32. The maximum Gasteiger partial charge on any atom is 0.222 e.